The molecule has 1 aromatic heterocycles. The van der Waals surface area contributed by atoms with Crippen LogP contribution in [0.5, 0.6) is 0 Å². The van der Waals surface area contributed by atoms with Crippen molar-refractivity contribution in [3.63, 3.8) is 0 Å². The highest BCUT2D eigenvalue weighted by Gasteiger charge is 2.28. The Bertz CT molecular complexity index is 677. The van der Waals surface area contributed by atoms with Gasteiger partial charge in [-0.15, -0.1) is 0 Å². The zero-order valence-electron chi connectivity index (χ0n) is 14.7. The largest absolute Gasteiger partial charge is 0.368 e. The summed E-state index contributed by atoms with van der Waals surface area (Å²) in [7, 11) is 0. The molecule has 2 heterocycles. The predicted octanol–water partition coefficient (Wildman–Crippen LogP) is 3.13. The molecule has 0 saturated carbocycles. The second-order valence-corrected chi connectivity index (χ2v) is 7.44. The van der Waals surface area contributed by atoms with E-state index in [1.165, 1.54) is 12.1 Å². The van der Waals surface area contributed by atoms with E-state index >= 15 is 0 Å². The third kappa shape index (κ3) is 3.82. The monoisotopic (exact) mass is 332 g/mol. The van der Waals surface area contributed by atoms with Gasteiger partial charge < -0.3 is 4.74 Å². The summed E-state index contributed by atoms with van der Waals surface area (Å²) in [6, 6.07) is 6.57. The van der Waals surface area contributed by atoms with Crippen LogP contribution < -0.4 is 0 Å². The lowest BCUT2D eigenvalue weighted by molar-refractivity contribution is -0.0824. The van der Waals surface area contributed by atoms with Crippen LogP contribution in [0, 0.1) is 5.82 Å². The third-order valence-electron chi connectivity index (χ3n) is 4.20. The number of hydrogen-bond donors (Lipinski definition) is 0. The number of halogens is 1. The number of benzene rings is 1. The molecule has 5 nitrogen and oxygen atoms in total. The first kappa shape index (κ1) is 17.0. The Morgan fingerprint density at radius 3 is 2.58 bits per heavy atom. The number of rotatable bonds is 3. The highest BCUT2D eigenvalue weighted by Crippen LogP contribution is 2.26. The molecule has 0 unspecified atom stereocenters. The van der Waals surface area contributed by atoms with Crippen molar-refractivity contribution in [3.8, 4) is 0 Å². The van der Waals surface area contributed by atoms with E-state index in [4.69, 9.17) is 4.74 Å². The van der Waals surface area contributed by atoms with Crippen molar-refractivity contribution in [2.45, 2.75) is 52.0 Å². The summed E-state index contributed by atoms with van der Waals surface area (Å²) in [6.07, 6.45) is 1.67. The van der Waals surface area contributed by atoms with Crippen LogP contribution in [0.3, 0.4) is 0 Å². The van der Waals surface area contributed by atoms with Gasteiger partial charge in [0.05, 0.1) is 24.3 Å². The molecule has 6 heteroatoms. The van der Waals surface area contributed by atoms with E-state index in [0.29, 0.717) is 0 Å². The van der Waals surface area contributed by atoms with Gasteiger partial charge in [-0.1, -0.05) is 12.1 Å². The first-order valence-electron chi connectivity index (χ1n) is 8.35. The normalized spacial score (nSPS) is 22.7. The number of morpholine rings is 1. The van der Waals surface area contributed by atoms with Crippen molar-refractivity contribution in [3.05, 3.63) is 47.8 Å². The summed E-state index contributed by atoms with van der Waals surface area (Å²) >= 11 is 0. The van der Waals surface area contributed by atoms with Crippen molar-refractivity contribution in [2.75, 3.05) is 13.1 Å². The van der Waals surface area contributed by atoms with Gasteiger partial charge >= 0.3 is 0 Å². The Kier molecular flexibility index (Phi) is 4.69. The summed E-state index contributed by atoms with van der Waals surface area (Å²) in [5.41, 5.74) is 0.908. The van der Waals surface area contributed by atoms with E-state index in [0.717, 1.165) is 31.0 Å². The summed E-state index contributed by atoms with van der Waals surface area (Å²) in [5.74, 6) is 0.729. The second kappa shape index (κ2) is 6.61. The van der Waals surface area contributed by atoms with Gasteiger partial charge in [0.1, 0.15) is 18.0 Å². The Balaban J connectivity index is 1.75. The van der Waals surface area contributed by atoms with E-state index in [1.807, 2.05) is 4.68 Å². The molecule has 1 fully saturated rings. The van der Waals surface area contributed by atoms with Gasteiger partial charge in [-0.2, -0.15) is 5.10 Å². The van der Waals surface area contributed by atoms with Gasteiger partial charge in [0, 0.05) is 13.1 Å². The van der Waals surface area contributed by atoms with Crippen LogP contribution >= 0.6 is 0 Å². The fraction of sp³-hybridized carbons (Fsp3) is 0.556. The zero-order valence-corrected chi connectivity index (χ0v) is 14.7. The summed E-state index contributed by atoms with van der Waals surface area (Å²) in [6.45, 7) is 10.7. The predicted molar refractivity (Wildman–Crippen MR) is 90.0 cm³/mol. The van der Waals surface area contributed by atoms with Gasteiger partial charge in [0.15, 0.2) is 0 Å². The third-order valence-corrected chi connectivity index (χ3v) is 4.20. The molecule has 0 bridgehead atoms. The molecule has 2 atom stereocenters. The van der Waals surface area contributed by atoms with Crippen molar-refractivity contribution in [1.82, 2.24) is 19.7 Å². The fourth-order valence-electron chi connectivity index (χ4n) is 3.16. The first-order chi connectivity index (χ1) is 11.3. The van der Waals surface area contributed by atoms with Crippen molar-refractivity contribution >= 4 is 0 Å². The molecule has 1 aliphatic rings. The molecule has 0 radical (unpaired) electrons. The Hall–Kier alpha value is -1.79. The van der Waals surface area contributed by atoms with Gasteiger partial charge in [-0.05, 0) is 45.4 Å². The topological polar surface area (TPSA) is 43.2 Å². The standard InChI is InChI=1S/C18H25FN4O/c1-13-9-22(11-17-20-12-21-23(17)18(2,3)4)10-16(24-13)14-5-7-15(19)8-6-14/h5-8,12-13,16H,9-11H2,1-4H3/t13-,16+/m1/s1. The molecule has 2 aromatic rings. The van der Waals surface area contributed by atoms with Crippen molar-refractivity contribution in [1.29, 1.82) is 0 Å². The van der Waals surface area contributed by atoms with Crippen LogP contribution in [0.1, 0.15) is 45.2 Å². The van der Waals surface area contributed by atoms with E-state index in [1.54, 1.807) is 18.5 Å². The minimum absolute atomic E-state index is 0.0552. The highest BCUT2D eigenvalue weighted by atomic mass is 19.1. The molecule has 1 aromatic carbocycles. The fourth-order valence-corrected chi connectivity index (χ4v) is 3.16. The first-order valence-corrected chi connectivity index (χ1v) is 8.35. The minimum atomic E-state index is -0.224. The number of ether oxygens (including phenoxy) is 1. The Morgan fingerprint density at radius 2 is 1.92 bits per heavy atom. The summed E-state index contributed by atoms with van der Waals surface area (Å²) in [5, 5.41) is 4.36. The van der Waals surface area contributed by atoms with Gasteiger partial charge in [0.25, 0.3) is 0 Å². The maximum atomic E-state index is 13.1. The smallest absolute Gasteiger partial charge is 0.141 e. The van der Waals surface area contributed by atoms with Crippen LogP contribution in [0.15, 0.2) is 30.6 Å². The lowest BCUT2D eigenvalue weighted by Gasteiger charge is -2.37. The molecule has 130 valence electrons. The molecular weight excluding hydrogens is 307 g/mol. The Labute approximate surface area is 142 Å². The molecule has 24 heavy (non-hydrogen) atoms. The van der Waals surface area contributed by atoms with E-state index in [-0.39, 0.29) is 23.6 Å². The Morgan fingerprint density at radius 1 is 1.21 bits per heavy atom. The number of aromatic nitrogens is 3. The molecule has 0 amide bonds. The zero-order chi connectivity index (χ0) is 17.3. The SMILES string of the molecule is C[C@@H]1CN(Cc2ncnn2C(C)(C)C)C[C@@H](c2ccc(F)cc2)O1. The van der Waals surface area contributed by atoms with Gasteiger partial charge in [0.2, 0.25) is 0 Å². The quantitative estimate of drug-likeness (QED) is 0.866. The van der Waals surface area contributed by atoms with Crippen LogP contribution in [0.2, 0.25) is 0 Å². The molecule has 1 aliphatic heterocycles. The van der Waals surface area contributed by atoms with Crippen LogP contribution in [0.25, 0.3) is 0 Å². The number of nitrogens with zero attached hydrogens (tertiary/aromatic N) is 4. The molecule has 1 saturated heterocycles. The molecule has 0 aliphatic carbocycles. The molecular formula is C18H25FN4O. The highest BCUT2D eigenvalue weighted by molar-refractivity contribution is 5.19. The van der Waals surface area contributed by atoms with E-state index in [9.17, 15) is 4.39 Å². The summed E-state index contributed by atoms with van der Waals surface area (Å²) < 4.78 is 21.2. The lowest BCUT2D eigenvalue weighted by Crippen LogP contribution is -2.43. The van der Waals surface area contributed by atoms with Gasteiger partial charge in [-0.25, -0.2) is 14.1 Å². The average molecular weight is 332 g/mol. The molecule has 0 spiro atoms. The van der Waals surface area contributed by atoms with Crippen molar-refractivity contribution < 1.29 is 9.13 Å². The van der Waals surface area contributed by atoms with Crippen LogP contribution in [-0.4, -0.2) is 38.9 Å². The maximum Gasteiger partial charge on any atom is 0.141 e. The van der Waals surface area contributed by atoms with Crippen molar-refractivity contribution in [2.24, 2.45) is 0 Å². The summed E-state index contributed by atoms with van der Waals surface area (Å²) in [4.78, 5) is 6.76. The van der Waals surface area contributed by atoms with E-state index in [2.05, 4.69) is 42.7 Å². The van der Waals surface area contributed by atoms with E-state index < -0.39 is 0 Å². The second-order valence-electron chi connectivity index (χ2n) is 7.44. The van der Waals surface area contributed by atoms with Crippen LogP contribution in [0.4, 0.5) is 4.39 Å². The lowest BCUT2D eigenvalue weighted by atomic mass is 10.1. The average Bonchev–Trinajstić information content (AvgIpc) is 2.95. The molecule has 0 N–H and O–H groups in total. The minimum Gasteiger partial charge on any atom is -0.368 e. The van der Waals surface area contributed by atoms with Gasteiger partial charge in [-0.3, -0.25) is 4.90 Å². The molecule has 3 rings (SSSR count). The van der Waals surface area contributed by atoms with Crippen LogP contribution in [-0.2, 0) is 16.8 Å². The maximum absolute atomic E-state index is 13.1. The number of hydrogen-bond acceptors (Lipinski definition) is 4.